The summed E-state index contributed by atoms with van der Waals surface area (Å²) in [6.45, 7) is 5.42. The Hall–Kier alpha value is -1.62. The Balaban J connectivity index is 2.44. The smallest absolute Gasteiger partial charge is 0.252 e. The van der Waals surface area contributed by atoms with Crippen molar-refractivity contribution in [2.24, 2.45) is 11.5 Å². The number of pyridine rings is 1. The molecular formula is C13H20N4O. The van der Waals surface area contributed by atoms with E-state index in [1.54, 1.807) is 0 Å². The molecule has 0 spiro atoms. The molecule has 5 heteroatoms. The van der Waals surface area contributed by atoms with E-state index in [1.807, 2.05) is 19.9 Å². The highest BCUT2D eigenvalue weighted by Gasteiger charge is 2.23. The third-order valence-electron chi connectivity index (χ3n) is 3.35. The van der Waals surface area contributed by atoms with Gasteiger partial charge in [0, 0.05) is 24.8 Å². The van der Waals surface area contributed by atoms with E-state index in [1.165, 1.54) is 0 Å². The Labute approximate surface area is 107 Å². The van der Waals surface area contributed by atoms with Crippen LogP contribution in [0.2, 0.25) is 0 Å². The molecule has 1 aliphatic rings. The lowest BCUT2D eigenvalue weighted by Gasteiger charge is -2.34. The van der Waals surface area contributed by atoms with Crippen molar-refractivity contribution < 1.29 is 4.79 Å². The monoisotopic (exact) mass is 248 g/mol. The van der Waals surface area contributed by atoms with Crippen LogP contribution < -0.4 is 16.4 Å². The van der Waals surface area contributed by atoms with Crippen LogP contribution in [0.1, 0.15) is 34.6 Å². The molecular weight excluding hydrogens is 228 g/mol. The van der Waals surface area contributed by atoms with Gasteiger partial charge in [-0.3, -0.25) is 9.78 Å². The molecule has 5 nitrogen and oxygen atoms in total. The fourth-order valence-corrected chi connectivity index (χ4v) is 2.59. The minimum Gasteiger partial charge on any atom is -0.369 e. The maximum Gasteiger partial charge on any atom is 0.252 e. The van der Waals surface area contributed by atoms with E-state index in [-0.39, 0.29) is 6.04 Å². The van der Waals surface area contributed by atoms with Gasteiger partial charge in [0.25, 0.3) is 5.91 Å². The summed E-state index contributed by atoms with van der Waals surface area (Å²) in [4.78, 5) is 18.1. The molecule has 0 bridgehead atoms. The van der Waals surface area contributed by atoms with Crippen molar-refractivity contribution in [3.05, 3.63) is 23.0 Å². The van der Waals surface area contributed by atoms with Gasteiger partial charge in [0.2, 0.25) is 0 Å². The molecule has 0 aliphatic carbocycles. The number of nitrogens with zero attached hydrogens (tertiary/aromatic N) is 2. The molecule has 1 aromatic heterocycles. The number of amides is 1. The number of aryl methyl sites for hydroxylation is 2. The van der Waals surface area contributed by atoms with E-state index in [0.29, 0.717) is 11.3 Å². The highest BCUT2D eigenvalue weighted by molar-refractivity contribution is 5.99. The Morgan fingerprint density at radius 3 is 2.83 bits per heavy atom. The number of carbonyl (C=O) groups is 1. The third-order valence-corrected chi connectivity index (χ3v) is 3.35. The topological polar surface area (TPSA) is 85.2 Å². The summed E-state index contributed by atoms with van der Waals surface area (Å²) < 4.78 is 0. The number of hydrogen-bond acceptors (Lipinski definition) is 4. The normalized spacial score (nSPS) is 19.9. The quantitative estimate of drug-likeness (QED) is 0.807. The Morgan fingerprint density at radius 2 is 2.22 bits per heavy atom. The van der Waals surface area contributed by atoms with Crippen LogP contribution in [0, 0.1) is 13.8 Å². The summed E-state index contributed by atoms with van der Waals surface area (Å²) in [6.07, 6.45) is 2.07. The van der Waals surface area contributed by atoms with Crippen molar-refractivity contribution in [3.8, 4) is 0 Å². The lowest BCUT2D eigenvalue weighted by atomic mass is 10.0. The van der Waals surface area contributed by atoms with Gasteiger partial charge < -0.3 is 16.4 Å². The second kappa shape index (κ2) is 4.94. The van der Waals surface area contributed by atoms with Crippen LogP contribution in [-0.4, -0.2) is 30.0 Å². The molecule has 2 rings (SSSR count). The largest absolute Gasteiger partial charge is 0.369 e. The molecule has 1 aromatic rings. The number of rotatable bonds is 2. The zero-order valence-electron chi connectivity index (χ0n) is 10.9. The van der Waals surface area contributed by atoms with Gasteiger partial charge in [-0.1, -0.05) is 0 Å². The first-order valence-electron chi connectivity index (χ1n) is 6.27. The van der Waals surface area contributed by atoms with E-state index >= 15 is 0 Å². The minimum absolute atomic E-state index is 0.160. The first kappa shape index (κ1) is 12.8. The van der Waals surface area contributed by atoms with Crippen molar-refractivity contribution in [1.29, 1.82) is 0 Å². The average molecular weight is 248 g/mol. The zero-order valence-corrected chi connectivity index (χ0v) is 10.9. The van der Waals surface area contributed by atoms with E-state index < -0.39 is 5.91 Å². The van der Waals surface area contributed by atoms with Crippen molar-refractivity contribution in [3.63, 3.8) is 0 Å². The van der Waals surface area contributed by atoms with Gasteiger partial charge in [0.1, 0.15) is 0 Å². The first-order chi connectivity index (χ1) is 8.49. The van der Waals surface area contributed by atoms with Crippen molar-refractivity contribution in [2.75, 3.05) is 18.0 Å². The summed E-state index contributed by atoms with van der Waals surface area (Å²) in [7, 11) is 0. The third kappa shape index (κ3) is 2.46. The highest BCUT2D eigenvalue weighted by Crippen LogP contribution is 2.26. The van der Waals surface area contributed by atoms with Crippen molar-refractivity contribution in [1.82, 2.24) is 4.98 Å². The van der Waals surface area contributed by atoms with Crippen LogP contribution in [0.3, 0.4) is 0 Å². The van der Waals surface area contributed by atoms with Crippen LogP contribution in [0.25, 0.3) is 0 Å². The second-order valence-corrected chi connectivity index (χ2v) is 4.96. The molecule has 1 saturated heterocycles. The maximum atomic E-state index is 11.6. The lowest BCUT2D eigenvalue weighted by Crippen LogP contribution is -2.43. The Kier molecular flexibility index (Phi) is 3.52. The molecule has 1 amide bonds. The molecule has 1 aliphatic heterocycles. The fourth-order valence-electron chi connectivity index (χ4n) is 2.59. The van der Waals surface area contributed by atoms with E-state index in [4.69, 9.17) is 11.5 Å². The molecule has 1 fully saturated rings. The van der Waals surface area contributed by atoms with Crippen molar-refractivity contribution >= 4 is 11.6 Å². The van der Waals surface area contributed by atoms with Gasteiger partial charge in [-0.2, -0.15) is 0 Å². The fraction of sp³-hybridized carbons (Fsp3) is 0.538. The molecule has 4 N–H and O–H groups in total. The molecule has 0 unspecified atom stereocenters. The van der Waals surface area contributed by atoms with Gasteiger partial charge in [0.15, 0.2) is 0 Å². The number of anilines is 1. The minimum atomic E-state index is -0.422. The molecule has 0 radical (unpaired) electrons. The van der Waals surface area contributed by atoms with Gasteiger partial charge >= 0.3 is 0 Å². The lowest BCUT2D eigenvalue weighted by molar-refractivity contribution is 0.0999. The Bertz CT molecular complexity index is 472. The molecule has 18 heavy (non-hydrogen) atoms. The number of primary amides is 1. The average Bonchev–Trinajstić information content (AvgIpc) is 2.27. The van der Waals surface area contributed by atoms with Gasteiger partial charge in [-0.05, 0) is 32.8 Å². The van der Waals surface area contributed by atoms with Crippen LogP contribution in [-0.2, 0) is 0 Å². The molecule has 2 heterocycles. The van der Waals surface area contributed by atoms with Gasteiger partial charge in [0.05, 0.1) is 16.9 Å². The number of nitrogens with two attached hydrogens (primary N) is 2. The van der Waals surface area contributed by atoms with Crippen molar-refractivity contribution in [2.45, 2.75) is 32.7 Å². The van der Waals surface area contributed by atoms with Crippen LogP contribution in [0.15, 0.2) is 6.07 Å². The number of aromatic nitrogens is 1. The first-order valence-corrected chi connectivity index (χ1v) is 6.27. The zero-order chi connectivity index (χ0) is 13.3. The summed E-state index contributed by atoms with van der Waals surface area (Å²) >= 11 is 0. The number of carbonyl (C=O) groups excluding carboxylic acids is 1. The van der Waals surface area contributed by atoms with Crippen LogP contribution in [0.5, 0.6) is 0 Å². The standard InChI is InChI=1S/C13H20N4O/c1-8-6-11(12(13(15)18)9(2)16-8)17-5-3-4-10(14)7-17/h6,10H,3-5,7,14H2,1-2H3,(H2,15,18)/t10-/m1/s1. The Morgan fingerprint density at radius 1 is 1.50 bits per heavy atom. The second-order valence-electron chi connectivity index (χ2n) is 4.96. The van der Waals surface area contributed by atoms with Gasteiger partial charge in [-0.15, -0.1) is 0 Å². The molecule has 98 valence electrons. The summed E-state index contributed by atoms with van der Waals surface area (Å²) in [5.74, 6) is -0.422. The number of hydrogen-bond donors (Lipinski definition) is 2. The predicted octanol–water partition coefficient (Wildman–Crippen LogP) is 0.725. The molecule has 0 saturated carbocycles. The highest BCUT2D eigenvalue weighted by atomic mass is 16.1. The molecule has 1 atom stereocenters. The summed E-state index contributed by atoms with van der Waals surface area (Å²) in [5, 5.41) is 0. The van der Waals surface area contributed by atoms with E-state index in [0.717, 1.165) is 37.3 Å². The molecule has 0 aromatic carbocycles. The van der Waals surface area contributed by atoms with E-state index in [2.05, 4.69) is 9.88 Å². The van der Waals surface area contributed by atoms with Gasteiger partial charge in [-0.25, -0.2) is 0 Å². The predicted molar refractivity (Wildman–Crippen MR) is 71.7 cm³/mol. The summed E-state index contributed by atoms with van der Waals surface area (Å²) in [6, 6.07) is 2.08. The van der Waals surface area contributed by atoms with Crippen LogP contribution in [0.4, 0.5) is 5.69 Å². The van der Waals surface area contributed by atoms with E-state index in [9.17, 15) is 4.79 Å². The SMILES string of the molecule is Cc1cc(N2CCC[C@@H](N)C2)c(C(N)=O)c(C)n1. The maximum absolute atomic E-state index is 11.6. The summed E-state index contributed by atoms with van der Waals surface area (Å²) in [5.41, 5.74) is 14.4. The number of piperidine rings is 1. The van der Waals surface area contributed by atoms with Crippen LogP contribution >= 0.6 is 0 Å².